The molecule has 0 bridgehead atoms. The number of rotatable bonds is 6. The molecule has 88 valence electrons. The van der Waals surface area contributed by atoms with Crippen molar-refractivity contribution in [2.75, 3.05) is 13.2 Å². The third-order valence-corrected chi connectivity index (χ3v) is 4.13. The van der Waals surface area contributed by atoms with Crippen molar-refractivity contribution in [2.24, 2.45) is 11.8 Å². The van der Waals surface area contributed by atoms with Gasteiger partial charge in [-0.15, -0.1) is 0 Å². The van der Waals surface area contributed by atoms with Crippen LogP contribution in [0.3, 0.4) is 0 Å². The first-order valence-electron chi connectivity index (χ1n) is 6.62. The van der Waals surface area contributed by atoms with Crippen molar-refractivity contribution in [3.8, 4) is 0 Å². The third kappa shape index (κ3) is 3.46. The molecule has 0 aliphatic heterocycles. The van der Waals surface area contributed by atoms with E-state index in [4.69, 9.17) is 4.74 Å². The SMILES string of the molecule is OC(COCCC1CCC1)C1CCCC1. The Kier molecular flexibility index (Phi) is 4.45. The van der Waals surface area contributed by atoms with Crippen LogP contribution < -0.4 is 0 Å². The second-order valence-electron chi connectivity index (χ2n) is 5.27. The average Bonchev–Trinajstić information content (AvgIpc) is 2.67. The van der Waals surface area contributed by atoms with Gasteiger partial charge < -0.3 is 9.84 Å². The maximum atomic E-state index is 9.86. The topological polar surface area (TPSA) is 29.5 Å². The number of ether oxygens (including phenoxy) is 1. The molecule has 0 aromatic heterocycles. The highest BCUT2D eigenvalue weighted by Gasteiger charge is 2.23. The van der Waals surface area contributed by atoms with Crippen molar-refractivity contribution < 1.29 is 9.84 Å². The molecule has 0 aromatic rings. The first-order valence-corrected chi connectivity index (χ1v) is 6.62. The Hall–Kier alpha value is -0.0800. The Morgan fingerprint density at radius 2 is 1.80 bits per heavy atom. The van der Waals surface area contributed by atoms with Gasteiger partial charge in [-0.2, -0.15) is 0 Å². The lowest BCUT2D eigenvalue weighted by molar-refractivity contribution is -0.000109. The second-order valence-corrected chi connectivity index (χ2v) is 5.27. The average molecular weight is 212 g/mol. The Labute approximate surface area is 93.0 Å². The maximum Gasteiger partial charge on any atom is 0.0801 e. The van der Waals surface area contributed by atoms with Crippen molar-refractivity contribution in [1.29, 1.82) is 0 Å². The van der Waals surface area contributed by atoms with Crippen LogP contribution >= 0.6 is 0 Å². The Balaban J connectivity index is 1.48. The zero-order chi connectivity index (χ0) is 10.5. The fraction of sp³-hybridized carbons (Fsp3) is 1.00. The van der Waals surface area contributed by atoms with Crippen LogP contribution in [0, 0.1) is 11.8 Å². The fourth-order valence-electron chi connectivity index (χ4n) is 2.71. The summed E-state index contributed by atoms with van der Waals surface area (Å²) in [4.78, 5) is 0. The molecule has 0 heterocycles. The molecule has 1 unspecified atom stereocenters. The zero-order valence-electron chi connectivity index (χ0n) is 9.66. The van der Waals surface area contributed by atoms with Gasteiger partial charge in [0, 0.05) is 6.61 Å². The molecular formula is C13H24O2. The van der Waals surface area contributed by atoms with Gasteiger partial charge in [-0.3, -0.25) is 0 Å². The van der Waals surface area contributed by atoms with Crippen molar-refractivity contribution in [3.63, 3.8) is 0 Å². The largest absolute Gasteiger partial charge is 0.390 e. The number of hydrogen-bond donors (Lipinski definition) is 1. The van der Waals surface area contributed by atoms with Crippen LogP contribution in [0.1, 0.15) is 51.4 Å². The molecule has 2 rings (SSSR count). The lowest BCUT2D eigenvalue weighted by Crippen LogP contribution is -2.24. The van der Waals surface area contributed by atoms with Crippen LogP contribution in [0.25, 0.3) is 0 Å². The number of hydrogen-bond acceptors (Lipinski definition) is 2. The van der Waals surface area contributed by atoms with E-state index in [0.29, 0.717) is 12.5 Å². The quantitative estimate of drug-likeness (QED) is 0.686. The van der Waals surface area contributed by atoms with Crippen LogP contribution in [-0.4, -0.2) is 24.4 Å². The van der Waals surface area contributed by atoms with Gasteiger partial charge >= 0.3 is 0 Å². The molecule has 2 fully saturated rings. The molecule has 0 spiro atoms. The minimum Gasteiger partial charge on any atom is -0.390 e. The van der Waals surface area contributed by atoms with E-state index in [1.165, 1.54) is 51.4 Å². The molecule has 2 saturated carbocycles. The molecule has 0 saturated heterocycles. The fourth-order valence-corrected chi connectivity index (χ4v) is 2.71. The zero-order valence-corrected chi connectivity index (χ0v) is 9.66. The molecule has 1 N–H and O–H groups in total. The van der Waals surface area contributed by atoms with E-state index in [0.717, 1.165) is 12.5 Å². The summed E-state index contributed by atoms with van der Waals surface area (Å²) in [5.41, 5.74) is 0. The number of aliphatic hydroxyl groups is 1. The lowest BCUT2D eigenvalue weighted by atomic mass is 9.83. The van der Waals surface area contributed by atoms with Crippen molar-refractivity contribution in [1.82, 2.24) is 0 Å². The van der Waals surface area contributed by atoms with Gasteiger partial charge in [-0.1, -0.05) is 32.1 Å². The second kappa shape index (κ2) is 5.86. The molecule has 2 aliphatic rings. The third-order valence-electron chi connectivity index (χ3n) is 4.13. The Bertz CT molecular complexity index is 171. The van der Waals surface area contributed by atoms with E-state index in [9.17, 15) is 5.11 Å². The molecule has 2 aliphatic carbocycles. The van der Waals surface area contributed by atoms with E-state index in [-0.39, 0.29) is 6.10 Å². The summed E-state index contributed by atoms with van der Waals surface area (Å²) in [7, 11) is 0. The highest BCUT2D eigenvalue weighted by atomic mass is 16.5. The van der Waals surface area contributed by atoms with Crippen molar-refractivity contribution >= 4 is 0 Å². The Morgan fingerprint density at radius 1 is 1.07 bits per heavy atom. The van der Waals surface area contributed by atoms with E-state index in [2.05, 4.69) is 0 Å². The molecule has 0 radical (unpaired) electrons. The van der Waals surface area contributed by atoms with Gasteiger partial charge in [0.2, 0.25) is 0 Å². The van der Waals surface area contributed by atoms with E-state index in [1.807, 2.05) is 0 Å². The summed E-state index contributed by atoms with van der Waals surface area (Å²) in [6.07, 6.45) is 10.2. The summed E-state index contributed by atoms with van der Waals surface area (Å²) in [6.45, 7) is 1.42. The molecule has 1 atom stereocenters. The van der Waals surface area contributed by atoms with E-state index >= 15 is 0 Å². The van der Waals surface area contributed by atoms with Gasteiger partial charge in [-0.05, 0) is 31.1 Å². The van der Waals surface area contributed by atoms with E-state index < -0.39 is 0 Å². The van der Waals surface area contributed by atoms with Gasteiger partial charge in [0.1, 0.15) is 0 Å². The van der Waals surface area contributed by atoms with Gasteiger partial charge in [0.15, 0.2) is 0 Å². The summed E-state index contributed by atoms with van der Waals surface area (Å²) in [5.74, 6) is 1.45. The molecule has 2 heteroatoms. The Morgan fingerprint density at radius 3 is 2.40 bits per heavy atom. The van der Waals surface area contributed by atoms with Gasteiger partial charge in [-0.25, -0.2) is 0 Å². The number of aliphatic hydroxyl groups excluding tert-OH is 1. The van der Waals surface area contributed by atoms with Crippen LogP contribution in [0.4, 0.5) is 0 Å². The predicted molar refractivity (Wildman–Crippen MR) is 60.7 cm³/mol. The highest BCUT2D eigenvalue weighted by molar-refractivity contribution is 4.74. The van der Waals surface area contributed by atoms with Crippen LogP contribution in [0.5, 0.6) is 0 Å². The standard InChI is InChI=1S/C13H24O2/c14-13(12-6-1-2-7-12)10-15-9-8-11-4-3-5-11/h11-14H,1-10H2. The van der Waals surface area contributed by atoms with E-state index in [1.54, 1.807) is 0 Å². The van der Waals surface area contributed by atoms with Gasteiger partial charge in [0.05, 0.1) is 12.7 Å². The molecule has 0 amide bonds. The minimum absolute atomic E-state index is 0.200. The van der Waals surface area contributed by atoms with Crippen LogP contribution in [0.15, 0.2) is 0 Å². The first-order chi connectivity index (χ1) is 7.36. The summed E-state index contributed by atoms with van der Waals surface area (Å²) >= 11 is 0. The summed E-state index contributed by atoms with van der Waals surface area (Å²) in [5, 5.41) is 9.86. The molecular weight excluding hydrogens is 188 g/mol. The molecule has 15 heavy (non-hydrogen) atoms. The smallest absolute Gasteiger partial charge is 0.0801 e. The van der Waals surface area contributed by atoms with Gasteiger partial charge in [0.25, 0.3) is 0 Å². The highest BCUT2D eigenvalue weighted by Crippen LogP contribution is 2.30. The lowest BCUT2D eigenvalue weighted by Gasteiger charge is -2.25. The van der Waals surface area contributed by atoms with Crippen LogP contribution in [0.2, 0.25) is 0 Å². The van der Waals surface area contributed by atoms with Crippen LogP contribution in [-0.2, 0) is 4.74 Å². The predicted octanol–water partition coefficient (Wildman–Crippen LogP) is 2.74. The minimum atomic E-state index is -0.200. The maximum absolute atomic E-state index is 9.86. The summed E-state index contributed by atoms with van der Waals surface area (Å²) in [6, 6.07) is 0. The first kappa shape index (κ1) is 11.4. The van der Waals surface area contributed by atoms with Crippen molar-refractivity contribution in [3.05, 3.63) is 0 Å². The molecule has 2 nitrogen and oxygen atoms in total. The monoisotopic (exact) mass is 212 g/mol. The summed E-state index contributed by atoms with van der Waals surface area (Å²) < 4.78 is 5.56. The molecule has 0 aromatic carbocycles. The van der Waals surface area contributed by atoms with Crippen molar-refractivity contribution in [2.45, 2.75) is 57.5 Å². The normalized spacial score (nSPS) is 25.4.